The molecule has 1 heterocycles. The quantitative estimate of drug-likeness (QED) is 0.0503. The van der Waals surface area contributed by atoms with E-state index in [-0.39, 0.29) is 54.7 Å². The van der Waals surface area contributed by atoms with E-state index in [9.17, 15) is 25.5 Å². The molecule has 1 saturated carbocycles. The predicted octanol–water partition coefficient (Wildman–Crippen LogP) is 7.07. The molecule has 0 saturated heterocycles. The summed E-state index contributed by atoms with van der Waals surface area (Å²) >= 11 is 0. The predicted molar refractivity (Wildman–Crippen MR) is 230 cm³/mol. The summed E-state index contributed by atoms with van der Waals surface area (Å²) in [6, 6.07) is 11.2. The third-order valence-corrected chi connectivity index (χ3v) is 13.7. The van der Waals surface area contributed by atoms with Gasteiger partial charge in [0.1, 0.15) is 29.5 Å². The number of aliphatic imine (C=N–C) groups is 1. The monoisotopic (exact) mass is 811 g/mol. The van der Waals surface area contributed by atoms with Crippen LogP contribution in [0.25, 0.3) is 11.1 Å². The van der Waals surface area contributed by atoms with E-state index in [0.717, 1.165) is 84.7 Å². The van der Waals surface area contributed by atoms with E-state index in [1.165, 1.54) is 0 Å². The number of aromatic hydroxyl groups is 2. The summed E-state index contributed by atoms with van der Waals surface area (Å²) in [5.41, 5.74) is 18.0. The highest BCUT2D eigenvalue weighted by molar-refractivity contribution is 5.84. The molecule has 9 N–H and O–H groups in total. The van der Waals surface area contributed by atoms with E-state index >= 15 is 0 Å². The second-order valence-corrected chi connectivity index (χ2v) is 17.8. The molecule has 0 spiro atoms. The van der Waals surface area contributed by atoms with Gasteiger partial charge in [-0.05, 0) is 139 Å². The van der Waals surface area contributed by atoms with Crippen molar-refractivity contribution in [3.05, 3.63) is 76.4 Å². The molecule has 59 heavy (non-hydrogen) atoms. The fourth-order valence-electron chi connectivity index (χ4n) is 10.8. The van der Waals surface area contributed by atoms with Gasteiger partial charge in [0.15, 0.2) is 17.5 Å². The van der Waals surface area contributed by atoms with Crippen molar-refractivity contribution in [1.29, 1.82) is 0 Å². The molecule has 11 nitrogen and oxygen atoms in total. The van der Waals surface area contributed by atoms with Crippen LogP contribution in [0.15, 0.2) is 53.5 Å². The van der Waals surface area contributed by atoms with Gasteiger partial charge in [-0.3, -0.25) is 4.99 Å². The summed E-state index contributed by atoms with van der Waals surface area (Å²) in [6.45, 7) is 7.14. The van der Waals surface area contributed by atoms with E-state index in [1.54, 1.807) is 25.3 Å². The maximum Gasteiger partial charge on any atom is 0.185 e. The normalized spacial score (nSPS) is 27.3. The number of nitrogens with two attached hydrogens (primary N) is 2. The Balaban J connectivity index is 1.26. The lowest BCUT2D eigenvalue weighted by molar-refractivity contribution is 0.0169. The number of rotatable bonds is 14. The summed E-state index contributed by atoms with van der Waals surface area (Å²) < 4.78 is 19.6. The maximum atomic E-state index is 12.1. The van der Waals surface area contributed by atoms with Gasteiger partial charge in [0.05, 0.1) is 13.2 Å². The van der Waals surface area contributed by atoms with Gasteiger partial charge in [0.2, 0.25) is 0 Å². The van der Waals surface area contributed by atoms with Gasteiger partial charge in [-0.1, -0.05) is 45.4 Å². The van der Waals surface area contributed by atoms with Crippen LogP contribution in [-0.2, 0) is 19.3 Å². The molecule has 320 valence electrons. The summed E-state index contributed by atoms with van der Waals surface area (Å²) in [6.07, 6.45) is 10.4. The fourth-order valence-corrected chi connectivity index (χ4v) is 10.8. The average Bonchev–Trinajstić information content (AvgIpc) is 3.21. The zero-order valence-corrected chi connectivity index (χ0v) is 35.1. The zero-order chi connectivity index (χ0) is 42.0. The summed E-state index contributed by atoms with van der Waals surface area (Å²) in [7, 11) is 1.68. The smallest absolute Gasteiger partial charge is 0.185 e. The third kappa shape index (κ3) is 8.89. The van der Waals surface area contributed by atoms with Crippen LogP contribution in [-0.4, -0.2) is 70.6 Å². The van der Waals surface area contributed by atoms with Crippen LogP contribution >= 0.6 is 0 Å². The number of phenolic OH excluding ortho intramolecular Hbond substituents is 2. The molecule has 1 aliphatic heterocycles. The van der Waals surface area contributed by atoms with Crippen LogP contribution in [0.3, 0.4) is 0 Å². The summed E-state index contributed by atoms with van der Waals surface area (Å²) in [4.78, 5) is 4.17. The Morgan fingerprint density at radius 2 is 1.78 bits per heavy atom. The number of methoxy groups -OCH3 is 1. The number of hydrogen-bond donors (Lipinski definition) is 7. The van der Waals surface area contributed by atoms with Gasteiger partial charge in [-0.25, -0.2) is 0 Å². The molecule has 4 aliphatic rings. The Labute approximate surface area is 349 Å². The van der Waals surface area contributed by atoms with Crippen molar-refractivity contribution in [2.24, 2.45) is 52.0 Å². The van der Waals surface area contributed by atoms with Crippen LogP contribution in [0.4, 0.5) is 0 Å². The summed E-state index contributed by atoms with van der Waals surface area (Å²) in [5.74, 6) is 3.32. The van der Waals surface area contributed by atoms with Gasteiger partial charge in [0, 0.05) is 49.3 Å². The van der Waals surface area contributed by atoms with Crippen molar-refractivity contribution in [2.75, 3.05) is 26.9 Å². The first-order valence-electron chi connectivity index (χ1n) is 21.8. The number of aliphatic hydroxyl groups excluding tert-OH is 3. The Bertz CT molecular complexity index is 2010. The molecule has 3 aliphatic carbocycles. The zero-order valence-electron chi connectivity index (χ0n) is 35.1. The van der Waals surface area contributed by atoms with Crippen molar-refractivity contribution in [3.8, 4) is 39.9 Å². The number of benzene rings is 3. The fraction of sp³-hybridized carbons (Fsp3) is 0.562. The molecule has 0 aromatic heterocycles. The lowest BCUT2D eigenvalue weighted by Gasteiger charge is -2.42. The SMILES string of the molecule is CC[C@H]1C[C@H]([C@@H]2Cc3cc(O)c(CC(C)C)cc3-c3c(OC)cc4c(c32)C[C@@H](O)[C@H](c2ccc(O)c(O[C@@H]3CCC[C@@H](CO)[C@@H]3CCN=C(N)N)c2)O4)C=C[C@H]1CCO. The number of fused-ring (bicyclic) bond motifs is 5. The Kier molecular flexibility index (Phi) is 13.3. The van der Waals surface area contributed by atoms with Crippen molar-refractivity contribution >= 4 is 5.96 Å². The van der Waals surface area contributed by atoms with E-state index < -0.39 is 12.2 Å². The van der Waals surface area contributed by atoms with E-state index in [2.05, 4.69) is 44.0 Å². The van der Waals surface area contributed by atoms with Gasteiger partial charge in [-0.15, -0.1) is 0 Å². The van der Waals surface area contributed by atoms with Crippen LogP contribution in [0.1, 0.15) is 106 Å². The minimum atomic E-state index is -0.907. The first-order chi connectivity index (χ1) is 28.4. The maximum absolute atomic E-state index is 12.1. The lowest BCUT2D eigenvalue weighted by atomic mass is 9.65. The van der Waals surface area contributed by atoms with Crippen LogP contribution < -0.4 is 25.7 Å². The molecular formula is C48H65N3O8. The molecule has 0 amide bonds. The second-order valence-electron chi connectivity index (χ2n) is 17.8. The van der Waals surface area contributed by atoms with Gasteiger partial charge in [0.25, 0.3) is 0 Å². The minimum Gasteiger partial charge on any atom is -0.508 e. The first-order valence-corrected chi connectivity index (χ1v) is 21.8. The molecule has 0 unspecified atom stereocenters. The number of allylic oxidation sites excluding steroid dienone is 2. The van der Waals surface area contributed by atoms with Crippen molar-refractivity contribution in [2.45, 2.75) is 109 Å². The summed E-state index contributed by atoms with van der Waals surface area (Å²) in [5, 5.41) is 54.5. The molecular weight excluding hydrogens is 747 g/mol. The van der Waals surface area contributed by atoms with Crippen LogP contribution in [0.5, 0.6) is 28.7 Å². The number of phenols is 2. The molecule has 3 aromatic rings. The standard InChI is InChI=1S/C48H65N3O8/c1-5-27-18-29(10-9-28(27)14-16-52)35-19-32-21-39(55)33(17-26(2)3)20-36(32)46-44(57-4)24-42-37(45(35)46)23-40(56)47(59-42)30-11-12-38(54)43(22-30)58-41-8-6-7-31(25-53)34(41)13-15-51-48(49)50/h9-12,20-22,24,26-29,31,34-35,40-41,47,52-56H,5-8,13-19,23,25H2,1-4H3,(H4,49,50,51)/t27-,28-,29+,31-,34-,35-,40+,41+,47-/m0/s1. The largest absolute Gasteiger partial charge is 0.508 e. The third-order valence-electron chi connectivity index (χ3n) is 13.7. The Hall–Kier alpha value is -4.45. The highest BCUT2D eigenvalue weighted by Gasteiger charge is 2.42. The van der Waals surface area contributed by atoms with E-state index in [0.29, 0.717) is 65.7 Å². The van der Waals surface area contributed by atoms with Crippen molar-refractivity contribution in [1.82, 2.24) is 0 Å². The minimum absolute atomic E-state index is 0.0131. The number of aliphatic hydroxyl groups is 3. The van der Waals surface area contributed by atoms with Gasteiger partial charge in [-0.2, -0.15) is 0 Å². The first kappa shape index (κ1) is 42.7. The van der Waals surface area contributed by atoms with E-state index in [1.807, 2.05) is 12.1 Å². The number of nitrogens with zero attached hydrogens (tertiary/aromatic N) is 1. The topological polar surface area (TPSA) is 193 Å². The average molecular weight is 812 g/mol. The van der Waals surface area contributed by atoms with Crippen LogP contribution in [0.2, 0.25) is 0 Å². The highest BCUT2D eigenvalue weighted by Crippen LogP contribution is 2.56. The number of guanidine groups is 1. The highest BCUT2D eigenvalue weighted by atomic mass is 16.5. The Morgan fingerprint density at radius 3 is 2.49 bits per heavy atom. The molecule has 11 heteroatoms. The molecule has 0 radical (unpaired) electrons. The van der Waals surface area contributed by atoms with Crippen molar-refractivity contribution < 1.29 is 39.7 Å². The van der Waals surface area contributed by atoms with Crippen LogP contribution in [0, 0.1) is 35.5 Å². The molecule has 1 fully saturated rings. The molecule has 0 bridgehead atoms. The van der Waals surface area contributed by atoms with Crippen molar-refractivity contribution in [3.63, 3.8) is 0 Å². The van der Waals surface area contributed by atoms with Gasteiger partial charge < -0.3 is 51.2 Å². The van der Waals surface area contributed by atoms with Gasteiger partial charge >= 0.3 is 0 Å². The Morgan fingerprint density at radius 1 is 0.966 bits per heavy atom. The lowest BCUT2D eigenvalue weighted by Crippen LogP contribution is -2.39. The van der Waals surface area contributed by atoms with E-state index in [4.69, 9.17) is 25.7 Å². The number of ether oxygens (including phenoxy) is 3. The molecule has 3 aromatic carbocycles. The molecule has 7 rings (SSSR count). The number of hydrogen-bond acceptors (Lipinski definition) is 9. The second kappa shape index (κ2) is 18.4. The molecule has 9 atom stereocenters.